The number of thioether (sulfide) groups is 1. The number of anilines is 1. The lowest BCUT2D eigenvalue weighted by Crippen LogP contribution is -1.98. The van der Waals surface area contributed by atoms with Crippen molar-refractivity contribution in [3.05, 3.63) is 70.5 Å². The van der Waals surface area contributed by atoms with E-state index in [9.17, 15) is 0 Å². The lowest BCUT2D eigenvalue weighted by atomic mass is 10.2. The molecule has 0 aliphatic carbocycles. The molecule has 9 heteroatoms. The maximum atomic E-state index is 5.75. The van der Waals surface area contributed by atoms with Crippen molar-refractivity contribution < 1.29 is 4.42 Å². The zero-order valence-corrected chi connectivity index (χ0v) is 17.2. The number of nitrogens with zero attached hydrogens (tertiary/aromatic N) is 4. The Bertz CT molecular complexity index is 1020. The molecule has 6 nitrogen and oxygen atoms in total. The fourth-order valence-electron chi connectivity index (χ4n) is 2.29. The van der Waals surface area contributed by atoms with Crippen LogP contribution < -0.4 is 5.32 Å². The number of benzene rings is 2. The van der Waals surface area contributed by atoms with Crippen molar-refractivity contribution >= 4 is 44.2 Å². The molecule has 2 heterocycles. The van der Waals surface area contributed by atoms with E-state index in [1.807, 2.05) is 42.5 Å². The number of rotatable bonds is 7. The molecule has 0 bridgehead atoms. The SMILES string of the molecule is Brc1ccccc1-c1nnc(CSc2nnc(NCc3ccccc3)s2)o1. The third-order valence-electron chi connectivity index (χ3n) is 3.58. The van der Waals surface area contributed by atoms with Gasteiger partial charge in [-0.15, -0.1) is 20.4 Å². The van der Waals surface area contributed by atoms with E-state index in [4.69, 9.17) is 4.42 Å². The molecule has 4 aromatic rings. The summed E-state index contributed by atoms with van der Waals surface area (Å²) in [4.78, 5) is 0. The zero-order chi connectivity index (χ0) is 18.5. The Balaban J connectivity index is 1.33. The average molecular weight is 460 g/mol. The second kappa shape index (κ2) is 8.64. The first-order valence-corrected chi connectivity index (χ1v) is 10.7. The number of hydrogen-bond donors (Lipinski definition) is 1. The molecular weight excluding hydrogens is 446 g/mol. The van der Waals surface area contributed by atoms with Crippen LogP contribution in [0.25, 0.3) is 11.5 Å². The van der Waals surface area contributed by atoms with E-state index < -0.39 is 0 Å². The summed E-state index contributed by atoms with van der Waals surface area (Å²) >= 11 is 6.53. The molecule has 2 aromatic heterocycles. The van der Waals surface area contributed by atoms with Gasteiger partial charge in [-0.2, -0.15) is 0 Å². The fraction of sp³-hybridized carbons (Fsp3) is 0.111. The monoisotopic (exact) mass is 459 g/mol. The van der Waals surface area contributed by atoms with Crippen LogP contribution in [0.15, 0.2) is 67.8 Å². The van der Waals surface area contributed by atoms with E-state index in [0.29, 0.717) is 17.5 Å². The quantitative estimate of drug-likeness (QED) is 0.377. The van der Waals surface area contributed by atoms with E-state index in [1.54, 1.807) is 0 Å². The summed E-state index contributed by atoms with van der Waals surface area (Å²) in [6.45, 7) is 0.721. The highest BCUT2D eigenvalue weighted by molar-refractivity contribution is 9.10. The Hall–Kier alpha value is -2.23. The first-order chi connectivity index (χ1) is 13.3. The van der Waals surface area contributed by atoms with E-state index in [2.05, 4.69) is 53.8 Å². The first-order valence-electron chi connectivity index (χ1n) is 8.09. The van der Waals surface area contributed by atoms with Gasteiger partial charge in [-0.05, 0) is 33.6 Å². The van der Waals surface area contributed by atoms with Gasteiger partial charge in [0.2, 0.25) is 16.9 Å². The third-order valence-corrected chi connectivity index (χ3v) is 6.27. The Morgan fingerprint density at radius 3 is 2.63 bits per heavy atom. The molecule has 0 saturated heterocycles. The normalized spacial score (nSPS) is 10.9. The largest absolute Gasteiger partial charge is 0.420 e. The molecule has 27 heavy (non-hydrogen) atoms. The second-order valence-corrected chi connectivity index (χ2v) is 8.54. The molecule has 0 amide bonds. The van der Waals surface area contributed by atoms with Crippen LogP contribution in [0.1, 0.15) is 11.5 Å². The van der Waals surface area contributed by atoms with Crippen LogP contribution in [0.5, 0.6) is 0 Å². The van der Waals surface area contributed by atoms with E-state index >= 15 is 0 Å². The van der Waals surface area contributed by atoms with Crippen LogP contribution in [0, 0.1) is 0 Å². The molecule has 0 aliphatic heterocycles. The minimum Gasteiger partial charge on any atom is -0.420 e. The smallest absolute Gasteiger partial charge is 0.248 e. The van der Waals surface area contributed by atoms with Gasteiger partial charge >= 0.3 is 0 Å². The summed E-state index contributed by atoms with van der Waals surface area (Å²) in [5, 5.41) is 20.7. The van der Waals surface area contributed by atoms with Gasteiger partial charge in [0.1, 0.15) is 0 Å². The van der Waals surface area contributed by atoms with Gasteiger partial charge in [0, 0.05) is 11.0 Å². The minimum atomic E-state index is 0.501. The van der Waals surface area contributed by atoms with Crippen molar-refractivity contribution in [2.75, 3.05) is 5.32 Å². The molecular formula is C18H14BrN5OS2. The summed E-state index contributed by atoms with van der Waals surface area (Å²) in [5.41, 5.74) is 2.08. The standard InChI is InChI=1S/C18H14BrN5OS2/c19-14-9-5-4-8-13(14)16-22-21-15(25-16)11-26-18-24-23-17(27-18)20-10-12-6-2-1-3-7-12/h1-9H,10-11H2,(H,20,23). The van der Waals surface area contributed by atoms with Crippen LogP contribution in [-0.4, -0.2) is 20.4 Å². The average Bonchev–Trinajstić information content (AvgIpc) is 3.35. The molecule has 2 aromatic carbocycles. The molecule has 0 fully saturated rings. The third kappa shape index (κ3) is 4.74. The molecule has 136 valence electrons. The molecule has 0 atom stereocenters. The van der Waals surface area contributed by atoms with Crippen molar-refractivity contribution in [1.29, 1.82) is 0 Å². The lowest BCUT2D eigenvalue weighted by molar-refractivity contribution is 0.528. The van der Waals surface area contributed by atoms with Crippen molar-refractivity contribution in [1.82, 2.24) is 20.4 Å². The van der Waals surface area contributed by atoms with Crippen molar-refractivity contribution in [2.24, 2.45) is 0 Å². The molecule has 0 unspecified atom stereocenters. The Labute approximate surface area is 172 Å². The Kier molecular flexibility index (Phi) is 5.81. The highest BCUT2D eigenvalue weighted by Gasteiger charge is 2.13. The van der Waals surface area contributed by atoms with Gasteiger partial charge in [0.05, 0.1) is 11.3 Å². The molecule has 1 N–H and O–H groups in total. The maximum Gasteiger partial charge on any atom is 0.248 e. The highest BCUT2D eigenvalue weighted by atomic mass is 79.9. The van der Waals surface area contributed by atoms with Gasteiger partial charge in [-0.3, -0.25) is 0 Å². The van der Waals surface area contributed by atoms with Gasteiger partial charge < -0.3 is 9.73 Å². The van der Waals surface area contributed by atoms with Crippen LogP contribution in [-0.2, 0) is 12.3 Å². The summed E-state index contributed by atoms with van der Waals surface area (Å²) in [6.07, 6.45) is 0. The molecule has 4 rings (SSSR count). The number of hydrogen-bond acceptors (Lipinski definition) is 8. The Morgan fingerprint density at radius 2 is 1.78 bits per heavy atom. The summed E-state index contributed by atoms with van der Waals surface area (Å²) in [5.74, 6) is 1.60. The highest BCUT2D eigenvalue weighted by Crippen LogP contribution is 2.30. The topological polar surface area (TPSA) is 76.7 Å². The molecule has 0 radical (unpaired) electrons. The summed E-state index contributed by atoms with van der Waals surface area (Å²) in [6, 6.07) is 17.9. The van der Waals surface area contributed by atoms with Gasteiger partial charge in [-0.1, -0.05) is 65.6 Å². The maximum absolute atomic E-state index is 5.75. The Morgan fingerprint density at radius 1 is 0.963 bits per heavy atom. The van der Waals surface area contributed by atoms with Crippen LogP contribution >= 0.6 is 39.0 Å². The predicted molar refractivity (Wildman–Crippen MR) is 111 cm³/mol. The summed E-state index contributed by atoms with van der Waals surface area (Å²) in [7, 11) is 0. The molecule has 0 aliphatic rings. The zero-order valence-electron chi connectivity index (χ0n) is 14.0. The van der Waals surface area contributed by atoms with Gasteiger partial charge in [0.15, 0.2) is 4.34 Å². The molecule has 0 spiro atoms. The fourth-order valence-corrected chi connectivity index (χ4v) is 4.33. The number of halogens is 1. The molecule has 0 saturated carbocycles. The van der Waals surface area contributed by atoms with Crippen LogP contribution in [0.3, 0.4) is 0 Å². The van der Waals surface area contributed by atoms with Crippen molar-refractivity contribution in [3.63, 3.8) is 0 Å². The van der Waals surface area contributed by atoms with Crippen LogP contribution in [0.4, 0.5) is 5.13 Å². The van der Waals surface area contributed by atoms with Gasteiger partial charge in [-0.25, -0.2) is 0 Å². The minimum absolute atomic E-state index is 0.501. The predicted octanol–water partition coefficient (Wildman–Crippen LogP) is 5.26. The second-order valence-electron chi connectivity index (χ2n) is 5.48. The van der Waals surface area contributed by atoms with E-state index in [-0.39, 0.29) is 0 Å². The lowest BCUT2D eigenvalue weighted by Gasteiger charge is -2.00. The first kappa shape index (κ1) is 18.1. The number of nitrogens with one attached hydrogen (secondary N) is 1. The van der Waals surface area contributed by atoms with Gasteiger partial charge in [0.25, 0.3) is 0 Å². The van der Waals surface area contributed by atoms with Crippen LogP contribution in [0.2, 0.25) is 0 Å². The summed E-state index contributed by atoms with van der Waals surface area (Å²) < 4.78 is 7.53. The van der Waals surface area contributed by atoms with E-state index in [0.717, 1.165) is 26.1 Å². The van der Waals surface area contributed by atoms with Crippen molar-refractivity contribution in [2.45, 2.75) is 16.6 Å². The van der Waals surface area contributed by atoms with Crippen molar-refractivity contribution in [3.8, 4) is 11.5 Å². The number of aromatic nitrogens is 4. The van der Waals surface area contributed by atoms with E-state index in [1.165, 1.54) is 28.7 Å².